The van der Waals surface area contributed by atoms with Gasteiger partial charge in [0.2, 0.25) is 0 Å². The van der Waals surface area contributed by atoms with E-state index in [1.807, 2.05) is 18.2 Å². The lowest BCUT2D eigenvalue weighted by molar-refractivity contribution is -0.144. The smallest absolute Gasteiger partial charge is 0.307 e. The normalized spacial score (nSPS) is 12.4. The van der Waals surface area contributed by atoms with Crippen molar-refractivity contribution in [3.05, 3.63) is 36.7 Å². The standard InChI is InChI=1S/C22H34N7O5P/c1-2-3-7-11-33-19(31)13-17(14-30)29-35(34-18-8-5-4-6-9-18)16-32-12-10-25-22-20(28-24)21(23)26-15-27-22/h4-6,8-9,14-15,17,28-29H,2-3,7,10-13,16,24H2,1H3,(H3,23,25,26,27)/t17-,35?/m0/s1. The summed E-state index contributed by atoms with van der Waals surface area (Å²) < 4.78 is 17.0. The van der Waals surface area contributed by atoms with Crippen molar-refractivity contribution in [1.29, 1.82) is 0 Å². The molecule has 7 N–H and O–H groups in total. The third kappa shape index (κ3) is 10.8. The van der Waals surface area contributed by atoms with Gasteiger partial charge in [0, 0.05) is 6.54 Å². The number of ether oxygens (including phenoxy) is 2. The predicted octanol–water partition coefficient (Wildman–Crippen LogP) is 2.40. The fourth-order valence-electron chi connectivity index (χ4n) is 2.85. The third-order valence-corrected chi connectivity index (χ3v) is 6.07. The molecule has 1 aromatic heterocycles. The maximum Gasteiger partial charge on any atom is 0.307 e. The van der Waals surface area contributed by atoms with E-state index in [4.69, 9.17) is 25.6 Å². The Kier molecular flexibility index (Phi) is 13.3. The molecular weight excluding hydrogens is 473 g/mol. The summed E-state index contributed by atoms with van der Waals surface area (Å²) in [4.78, 5) is 31.7. The van der Waals surface area contributed by atoms with E-state index in [2.05, 4.69) is 32.7 Å². The molecule has 0 aliphatic heterocycles. The Morgan fingerprint density at radius 2 is 2.00 bits per heavy atom. The summed E-state index contributed by atoms with van der Waals surface area (Å²) in [7, 11) is -1.43. The lowest BCUT2D eigenvalue weighted by atomic mass is 10.2. The summed E-state index contributed by atoms with van der Waals surface area (Å²) in [6, 6.07) is 8.41. The average molecular weight is 508 g/mol. The number of carbonyl (C=O) groups excluding carboxylic acids is 2. The fourth-order valence-corrected chi connectivity index (χ4v) is 4.22. The molecule has 0 spiro atoms. The van der Waals surface area contributed by atoms with Crippen molar-refractivity contribution in [2.75, 3.05) is 42.6 Å². The second kappa shape index (κ2) is 16.6. The number of hydrogen-bond donors (Lipinski definition) is 5. The molecule has 0 aliphatic rings. The van der Waals surface area contributed by atoms with Gasteiger partial charge in [-0.2, -0.15) is 0 Å². The first kappa shape index (κ1) is 28.2. The first-order valence-electron chi connectivity index (χ1n) is 11.3. The highest BCUT2D eigenvalue weighted by atomic mass is 31.2. The second-order valence-corrected chi connectivity index (χ2v) is 8.83. The number of esters is 1. The molecule has 0 bridgehead atoms. The minimum atomic E-state index is -1.43. The first-order valence-corrected chi connectivity index (χ1v) is 12.8. The zero-order valence-corrected chi connectivity index (χ0v) is 20.7. The molecule has 1 unspecified atom stereocenters. The Labute approximate surface area is 206 Å². The van der Waals surface area contributed by atoms with Crippen molar-refractivity contribution in [3.8, 4) is 5.75 Å². The number of para-hydroxylation sites is 1. The number of hydrazine groups is 1. The van der Waals surface area contributed by atoms with Crippen molar-refractivity contribution < 1.29 is 23.6 Å². The zero-order valence-electron chi connectivity index (χ0n) is 19.8. The summed E-state index contributed by atoms with van der Waals surface area (Å²) in [6.07, 6.45) is 4.92. The number of nitrogen functional groups attached to an aromatic ring is 2. The molecule has 2 atom stereocenters. The first-order chi connectivity index (χ1) is 17.1. The number of benzene rings is 1. The van der Waals surface area contributed by atoms with Crippen molar-refractivity contribution >= 4 is 37.9 Å². The molecule has 2 rings (SSSR count). The molecule has 1 heterocycles. The lowest BCUT2D eigenvalue weighted by Gasteiger charge is -2.22. The number of aromatic nitrogens is 2. The van der Waals surface area contributed by atoms with Crippen LogP contribution in [0.15, 0.2) is 36.7 Å². The Morgan fingerprint density at radius 3 is 2.71 bits per heavy atom. The van der Waals surface area contributed by atoms with Gasteiger partial charge in [-0.1, -0.05) is 38.0 Å². The van der Waals surface area contributed by atoms with E-state index < -0.39 is 20.3 Å². The number of hydrogen-bond acceptors (Lipinski definition) is 12. The van der Waals surface area contributed by atoms with Crippen LogP contribution in [0.4, 0.5) is 17.3 Å². The van der Waals surface area contributed by atoms with Gasteiger partial charge in [-0.25, -0.2) is 9.97 Å². The van der Waals surface area contributed by atoms with Crippen molar-refractivity contribution in [1.82, 2.24) is 15.1 Å². The topological polar surface area (TPSA) is 176 Å². The molecule has 0 saturated carbocycles. The van der Waals surface area contributed by atoms with Gasteiger partial charge >= 0.3 is 5.97 Å². The van der Waals surface area contributed by atoms with Gasteiger partial charge in [0.25, 0.3) is 0 Å². The molecule has 0 amide bonds. The third-order valence-electron chi connectivity index (χ3n) is 4.60. The van der Waals surface area contributed by atoms with Crippen LogP contribution in [-0.4, -0.2) is 54.4 Å². The SMILES string of the molecule is CCCCCOC(=O)C[C@@H](C=O)NP(COCCNc1ncnc(N)c1NN)Oc1ccccc1. The van der Waals surface area contributed by atoms with E-state index in [1.54, 1.807) is 12.1 Å². The van der Waals surface area contributed by atoms with Gasteiger partial charge < -0.3 is 35.3 Å². The van der Waals surface area contributed by atoms with Crippen molar-refractivity contribution in [2.24, 2.45) is 5.84 Å². The summed E-state index contributed by atoms with van der Waals surface area (Å²) in [5.41, 5.74) is 8.61. The van der Waals surface area contributed by atoms with Crippen LogP contribution < -0.4 is 31.9 Å². The van der Waals surface area contributed by atoms with Crippen LogP contribution in [-0.2, 0) is 19.1 Å². The molecule has 12 nitrogen and oxygen atoms in total. The maximum atomic E-state index is 12.1. The highest BCUT2D eigenvalue weighted by molar-refractivity contribution is 7.50. The van der Waals surface area contributed by atoms with Crippen LogP contribution in [0.5, 0.6) is 5.75 Å². The minimum Gasteiger partial charge on any atom is -0.466 e. The quantitative estimate of drug-likeness (QED) is 0.0498. The minimum absolute atomic E-state index is 0.0852. The number of anilines is 3. The van der Waals surface area contributed by atoms with Gasteiger partial charge in [-0.15, -0.1) is 0 Å². The van der Waals surface area contributed by atoms with Crippen LogP contribution in [0, 0.1) is 0 Å². The van der Waals surface area contributed by atoms with Crippen molar-refractivity contribution in [2.45, 2.75) is 38.6 Å². The number of nitrogens with two attached hydrogens (primary N) is 2. The average Bonchev–Trinajstić information content (AvgIpc) is 2.86. The largest absolute Gasteiger partial charge is 0.466 e. The maximum absolute atomic E-state index is 12.1. The Balaban J connectivity index is 1.86. The molecule has 1 aromatic carbocycles. The van der Waals surface area contributed by atoms with Crippen LogP contribution in [0.1, 0.15) is 32.6 Å². The van der Waals surface area contributed by atoms with E-state index in [0.29, 0.717) is 43.3 Å². The van der Waals surface area contributed by atoms with Gasteiger partial charge in [-0.05, 0) is 18.6 Å². The van der Waals surface area contributed by atoms with Gasteiger partial charge in [0.05, 0.1) is 25.7 Å². The number of nitrogens with zero attached hydrogens (tertiary/aromatic N) is 2. The molecule has 35 heavy (non-hydrogen) atoms. The highest BCUT2D eigenvalue weighted by Crippen LogP contribution is 2.35. The van der Waals surface area contributed by atoms with Crippen LogP contribution in [0.3, 0.4) is 0 Å². The van der Waals surface area contributed by atoms with E-state index in [9.17, 15) is 9.59 Å². The van der Waals surface area contributed by atoms with Crippen LogP contribution >= 0.6 is 8.30 Å². The number of unbranched alkanes of at least 4 members (excludes halogenated alkanes) is 2. The molecule has 192 valence electrons. The number of aldehydes is 1. The van der Waals surface area contributed by atoms with E-state index >= 15 is 0 Å². The number of nitrogens with one attached hydrogen (secondary N) is 3. The summed E-state index contributed by atoms with van der Waals surface area (Å²) in [5, 5.41) is 6.15. The monoisotopic (exact) mass is 507 g/mol. The van der Waals surface area contributed by atoms with Gasteiger partial charge in [0.15, 0.2) is 19.9 Å². The van der Waals surface area contributed by atoms with Crippen molar-refractivity contribution in [3.63, 3.8) is 0 Å². The van der Waals surface area contributed by atoms with Gasteiger partial charge in [0.1, 0.15) is 30.4 Å². The second-order valence-electron chi connectivity index (χ2n) is 7.38. The highest BCUT2D eigenvalue weighted by Gasteiger charge is 2.21. The molecular formula is C22H34N7O5P. The Hall–Kier alpha value is -3.05. The molecule has 0 radical (unpaired) electrons. The van der Waals surface area contributed by atoms with E-state index in [-0.39, 0.29) is 18.6 Å². The van der Waals surface area contributed by atoms with Crippen LogP contribution in [0.25, 0.3) is 0 Å². The van der Waals surface area contributed by atoms with Crippen LogP contribution in [0.2, 0.25) is 0 Å². The zero-order chi connectivity index (χ0) is 25.3. The van der Waals surface area contributed by atoms with E-state index in [0.717, 1.165) is 19.3 Å². The molecule has 0 aliphatic carbocycles. The summed E-state index contributed by atoms with van der Waals surface area (Å²) >= 11 is 0. The van der Waals surface area contributed by atoms with E-state index in [1.165, 1.54) is 6.33 Å². The Bertz CT molecular complexity index is 894. The fraction of sp³-hybridized carbons (Fsp3) is 0.455. The lowest BCUT2D eigenvalue weighted by Crippen LogP contribution is -2.32. The predicted molar refractivity (Wildman–Crippen MR) is 136 cm³/mol. The van der Waals surface area contributed by atoms with Gasteiger partial charge in [-0.3, -0.25) is 15.7 Å². The molecule has 0 fully saturated rings. The molecule has 0 saturated heterocycles. The molecule has 13 heteroatoms. The Morgan fingerprint density at radius 1 is 1.20 bits per heavy atom. The number of rotatable bonds is 18. The summed E-state index contributed by atoms with van der Waals surface area (Å²) in [5.74, 6) is 6.32. The summed E-state index contributed by atoms with van der Waals surface area (Å²) in [6.45, 7) is 3.13. The molecule has 2 aromatic rings. The number of carbonyl (C=O) groups is 2.